The first-order valence-electron chi connectivity index (χ1n) is 10.6. The molecule has 1 saturated heterocycles. The maximum Gasteiger partial charge on any atom is 0.411 e. The van der Waals surface area contributed by atoms with Gasteiger partial charge in [0.15, 0.2) is 0 Å². The van der Waals surface area contributed by atoms with Gasteiger partial charge in [0.2, 0.25) is 0 Å². The number of esters is 1. The average molecular weight is 423 g/mol. The van der Waals surface area contributed by atoms with E-state index in [2.05, 4.69) is 68.6 Å². The van der Waals surface area contributed by atoms with Gasteiger partial charge in [-0.05, 0) is 41.5 Å². The summed E-state index contributed by atoms with van der Waals surface area (Å²) >= 11 is 0. The molecule has 6 nitrogen and oxygen atoms in total. The Kier molecular flexibility index (Phi) is 4.99. The molecule has 0 saturated carbocycles. The zero-order valence-electron chi connectivity index (χ0n) is 19.0. The van der Waals surface area contributed by atoms with Gasteiger partial charge in [-0.25, -0.2) is 9.59 Å². The number of methoxy groups -OCH3 is 2. The van der Waals surface area contributed by atoms with Gasteiger partial charge >= 0.3 is 12.1 Å². The Morgan fingerprint density at radius 3 is 2.32 bits per heavy atom. The first kappa shape index (κ1) is 21.2. The van der Waals surface area contributed by atoms with E-state index in [1.807, 2.05) is 6.92 Å². The summed E-state index contributed by atoms with van der Waals surface area (Å²) in [6.45, 7) is 8.59. The Morgan fingerprint density at radius 2 is 1.74 bits per heavy atom. The summed E-state index contributed by atoms with van der Waals surface area (Å²) in [6.07, 6.45) is -0.599. The molecule has 6 heteroatoms. The normalized spacial score (nSPS) is 24.3. The summed E-state index contributed by atoms with van der Waals surface area (Å²) in [7, 11) is 2.69. The Morgan fingerprint density at radius 1 is 1.06 bits per heavy atom. The van der Waals surface area contributed by atoms with Gasteiger partial charge in [0, 0.05) is 5.69 Å². The number of anilines is 1. The van der Waals surface area contributed by atoms with E-state index in [0.29, 0.717) is 6.42 Å². The number of benzene rings is 2. The van der Waals surface area contributed by atoms with E-state index in [0.717, 1.165) is 22.4 Å². The monoisotopic (exact) mass is 422 g/mol. The molecule has 0 bridgehead atoms. The van der Waals surface area contributed by atoms with Crippen molar-refractivity contribution in [2.75, 3.05) is 19.5 Å². The van der Waals surface area contributed by atoms with Gasteiger partial charge in [-0.2, -0.15) is 0 Å². The van der Waals surface area contributed by atoms with Crippen LogP contribution >= 0.6 is 0 Å². The number of rotatable bonds is 2. The van der Waals surface area contributed by atoms with Crippen LogP contribution in [0.3, 0.4) is 0 Å². The van der Waals surface area contributed by atoms with Gasteiger partial charge in [0.25, 0.3) is 0 Å². The lowest BCUT2D eigenvalue weighted by Crippen LogP contribution is -2.50. The van der Waals surface area contributed by atoms with Crippen molar-refractivity contribution in [3.05, 3.63) is 64.7 Å². The molecular formula is C25H30N2O4. The van der Waals surface area contributed by atoms with E-state index < -0.39 is 29.7 Å². The molecule has 2 aromatic rings. The lowest BCUT2D eigenvalue weighted by Gasteiger charge is -2.33. The minimum atomic E-state index is -0.748. The van der Waals surface area contributed by atoms with E-state index in [1.165, 1.54) is 24.7 Å². The van der Waals surface area contributed by atoms with Crippen LogP contribution in [0.5, 0.6) is 0 Å². The third kappa shape index (κ3) is 3.16. The minimum absolute atomic E-state index is 0.0377. The zero-order chi connectivity index (χ0) is 22.6. The number of likely N-dealkylation sites (tertiary alicyclic amines) is 1. The number of nitrogens with one attached hydrogen (secondary N) is 1. The van der Waals surface area contributed by atoms with Crippen LogP contribution in [0.25, 0.3) is 0 Å². The number of hydrogen-bond acceptors (Lipinski definition) is 5. The van der Waals surface area contributed by atoms with Crippen molar-refractivity contribution in [2.24, 2.45) is 0 Å². The van der Waals surface area contributed by atoms with Crippen molar-refractivity contribution >= 4 is 17.7 Å². The smallest absolute Gasteiger partial charge is 0.411 e. The minimum Gasteiger partial charge on any atom is -0.467 e. The number of ether oxygens (including phenoxy) is 2. The van der Waals surface area contributed by atoms with E-state index in [-0.39, 0.29) is 5.41 Å². The van der Waals surface area contributed by atoms with E-state index >= 15 is 0 Å². The number of carbonyl (C=O) groups is 2. The van der Waals surface area contributed by atoms with Crippen LogP contribution in [0.1, 0.15) is 49.4 Å². The van der Waals surface area contributed by atoms with Crippen molar-refractivity contribution in [3.63, 3.8) is 0 Å². The highest BCUT2D eigenvalue weighted by atomic mass is 16.5. The van der Waals surface area contributed by atoms with Gasteiger partial charge in [-0.3, -0.25) is 4.90 Å². The Balaban J connectivity index is 1.97. The molecule has 0 aromatic heterocycles. The SMILES string of the molecule is COC(=O)[C@@H]1C[C@@]2(c3ccc(C)cc3)c3cc(C(C)(C)C)ccc3N[C@H]2N1C(=O)OC. The molecule has 0 radical (unpaired) electrons. The van der Waals surface area contributed by atoms with Crippen LogP contribution in [0.4, 0.5) is 10.5 Å². The first-order chi connectivity index (χ1) is 14.6. The molecule has 2 aliphatic rings. The summed E-state index contributed by atoms with van der Waals surface area (Å²) in [6, 6.07) is 14.0. The summed E-state index contributed by atoms with van der Waals surface area (Å²) < 4.78 is 10.2. The Hall–Kier alpha value is -3.02. The average Bonchev–Trinajstić information content (AvgIpc) is 3.24. The highest BCUT2D eigenvalue weighted by molar-refractivity contribution is 5.85. The van der Waals surface area contributed by atoms with Gasteiger partial charge in [-0.15, -0.1) is 0 Å². The van der Waals surface area contributed by atoms with Crippen molar-refractivity contribution in [2.45, 2.75) is 57.2 Å². The molecule has 0 unspecified atom stereocenters. The summed E-state index contributed by atoms with van der Waals surface area (Å²) in [4.78, 5) is 27.1. The van der Waals surface area contributed by atoms with Crippen molar-refractivity contribution < 1.29 is 19.1 Å². The third-order valence-electron chi connectivity index (χ3n) is 6.68. The van der Waals surface area contributed by atoms with E-state index in [4.69, 9.17) is 9.47 Å². The Labute approximate surface area is 183 Å². The van der Waals surface area contributed by atoms with Crippen LogP contribution in [-0.4, -0.2) is 43.4 Å². The predicted octanol–water partition coefficient (Wildman–Crippen LogP) is 4.34. The third-order valence-corrected chi connectivity index (χ3v) is 6.68. The Bertz CT molecular complexity index is 1020. The van der Waals surface area contributed by atoms with Crippen molar-refractivity contribution in [1.82, 2.24) is 4.90 Å². The molecule has 4 rings (SSSR count). The van der Waals surface area contributed by atoms with Gasteiger partial charge in [0.1, 0.15) is 12.2 Å². The molecule has 1 fully saturated rings. The van der Waals surface area contributed by atoms with Gasteiger partial charge in [-0.1, -0.05) is 62.7 Å². The topological polar surface area (TPSA) is 67.9 Å². The predicted molar refractivity (Wildman–Crippen MR) is 119 cm³/mol. The number of fused-ring (bicyclic) bond motifs is 3. The molecule has 0 aliphatic carbocycles. The van der Waals surface area contributed by atoms with Crippen LogP contribution < -0.4 is 5.32 Å². The van der Waals surface area contributed by atoms with Crippen LogP contribution in [0.2, 0.25) is 0 Å². The molecule has 2 aliphatic heterocycles. The van der Waals surface area contributed by atoms with Gasteiger partial charge in [0.05, 0.1) is 19.6 Å². The van der Waals surface area contributed by atoms with Crippen molar-refractivity contribution in [3.8, 4) is 0 Å². The fraction of sp³-hybridized carbons (Fsp3) is 0.440. The van der Waals surface area contributed by atoms with Crippen LogP contribution in [-0.2, 0) is 25.1 Å². The second-order valence-corrected chi connectivity index (χ2v) is 9.51. The maximum atomic E-state index is 12.8. The van der Waals surface area contributed by atoms with E-state index in [1.54, 1.807) is 0 Å². The molecule has 31 heavy (non-hydrogen) atoms. The number of nitrogens with zero attached hydrogens (tertiary/aromatic N) is 1. The number of amides is 1. The quantitative estimate of drug-likeness (QED) is 0.729. The summed E-state index contributed by atoms with van der Waals surface area (Å²) in [5.41, 5.74) is 4.83. The molecule has 2 heterocycles. The van der Waals surface area contributed by atoms with Crippen LogP contribution in [0, 0.1) is 6.92 Å². The highest BCUT2D eigenvalue weighted by Crippen LogP contribution is 2.55. The fourth-order valence-corrected chi connectivity index (χ4v) is 4.99. The molecule has 164 valence electrons. The highest BCUT2D eigenvalue weighted by Gasteiger charge is 2.62. The van der Waals surface area contributed by atoms with Crippen LogP contribution in [0.15, 0.2) is 42.5 Å². The lowest BCUT2D eigenvalue weighted by molar-refractivity contribution is -0.145. The van der Waals surface area contributed by atoms with Gasteiger partial charge < -0.3 is 14.8 Å². The first-order valence-corrected chi connectivity index (χ1v) is 10.6. The molecule has 1 N–H and O–H groups in total. The molecule has 3 atom stereocenters. The number of carbonyl (C=O) groups excluding carboxylic acids is 2. The number of hydrogen-bond donors (Lipinski definition) is 1. The standard InChI is InChI=1S/C25H30N2O4/c1-15-7-9-16(10-8-15)25-14-20(21(28)30-5)27(23(29)31-6)22(25)26-19-12-11-17(13-18(19)25)24(2,3)4/h7-13,20,22,26H,14H2,1-6H3/t20-,22-,25+/m0/s1. The summed E-state index contributed by atoms with van der Waals surface area (Å²) in [5, 5.41) is 3.52. The fourth-order valence-electron chi connectivity index (χ4n) is 4.99. The van der Waals surface area contributed by atoms with Crippen molar-refractivity contribution in [1.29, 1.82) is 0 Å². The zero-order valence-corrected chi connectivity index (χ0v) is 19.0. The van der Waals surface area contributed by atoms with E-state index in [9.17, 15) is 9.59 Å². The lowest BCUT2D eigenvalue weighted by atomic mass is 9.71. The second kappa shape index (κ2) is 7.29. The second-order valence-electron chi connectivity index (χ2n) is 9.51. The maximum absolute atomic E-state index is 12.8. The molecule has 0 spiro atoms. The summed E-state index contributed by atoms with van der Waals surface area (Å²) in [5.74, 6) is -0.443. The largest absolute Gasteiger partial charge is 0.467 e. The molecule has 2 aromatic carbocycles. The number of aryl methyl sites for hydroxylation is 1. The molecule has 1 amide bonds. The molecular weight excluding hydrogens is 392 g/mol.